The van der Waals surface area contributed by atoms with Crippen molar-refractivity contribution in [2.24, 2.45) is 4.99 Å². The summed E-state index contributed by atoms with van der Waals surface area (Å²) >= 11 is 5.99. The molecule has 27 heavy (non-hydrogen) atoms. The van der Waals surface area contributed by atoms with Crippen molar-refractivity contribution in [3.05, 3.63) is 34.9 Å². The predicted octanol–water partition coefficient (Wildman–Crippen LogP) is 1.72. The van der Waals surface area contributed by atoms with Gasteiger partial charge in [-0.1, -0.05) is 23.7 Å². The average Bonchev–Trinajstić information content (AvgIpc) is 2.62. The van der Waals surface area contributed by atoms with Gasteiger partial charge in [-0.25, -0.2) is 8.42 Å². The number of benzene rings is 1. The van der Waals surface area contributed by atoms with Crippen LogP contribution in [0.15, 0.2) is 29.3 Å². The second kappa shape index (κ2) is 12.8. The maximum Gasteiger partial charge on any atom is 0.216 e. The van der Waals surface area contributed by atoms with E-state index in [1.54, 1.807) is 0 Å². The molecule has 154 valence electrons. The Morgan fingerprint density at radius 1 is 1.30 bits per heavy atom. The molecule has 0 radical (unpaired) electrons. The lowest BCUT2D eigenvalue weighted by Crippen LogP contribution is -2.42. The van der Waals surface area contributed by atoms with E-state index in [0.29, 0.717) is 45.4 Å². The molecular formula is C17H28ClIN4O3S. The van der Waals surface area contributed by atoms with Crippen molar-refractivity contribution in [2.45, 2.75) is 13.3 Å². The molecule has 0 saturated carbocycles. The largest absolute Gasteiger partial charge is 0.379 e. The molecule has 0 atom stereocenters. The van der Waals surface area contributed by atoms with E-state index in [-0.39, 0.29) is 36.3 Å². The zero-order valence-electron chi connectivity index (χ0n) is 15.5. The summed E-state index contributed by atoms with van der Waals surface area (Å²) in [4.78, 5) is 4.37. The normalized spacial score (nSPS) is 15.9. The molecule has 0 aromatic heterocycles. The molecule has 0 amide bonds. The number of sulfonamides is 1. The van der Waals surface area contributed by atoms with E-state index in [4.69, 9.17) is 16.3 Å². The van der Waals surface area contributed by atoms with Crippen molar-refractivity contribution in [2.75, 3.05) is 51.7 Å². The van der Waals surface area contributed by atoms with Gasteiger partial charge in [0.15, 0.2) is 5.96 Å². The van der Waals surface area contributed by atoms with Crippen molar-refractivity contribution in [1.82, 2.24) is 14.9 Å². The molecule has 0 unspecified atom stereocenters. The van der Waals surface area contributed by atoms with Crippen LogP contribution in [0.5, 0.6) is 0 Å². The molecule has 1 aromatic rings. The third-order valence-corrected chi connectivity index (χ3v) is 6.01. The monoisotopic (exact) mass is 530 g/mol. The summed E-state index contributed by atoms with van der Waals surface area (Å²) in [6.45, 7) is 5.33. The van der Waals surface area contributed by atoms with Crippen LogP contribution in [0, 0.1) is 0 Å². The average molecular weight is 531 g/mol. The molecule has 0 spiro atoms. The highest BCUT2D eigenvalue weighted by Gasteiger charge is 2.23. The van der Waals surface area contributed by atoms with E-state index in [0.717, 1.165) is 17.0 Å². The summed E-state index contributed by atoms with van der Waals surface area (Å²) in [7, 11) is -3.29. The van der Waals surface area contributed by atoms with E-state index in [1.807, 2.05) is 31.2 Å². The number of hydrogen-bond donors (Lipinski definition) is 2. The van der Waals surface area contributed by atoms with Gasteiger partial charge < -0.3 is 15.4 Å². The molecule has 2 rings (SSSR count). The van der Waals surface area contributed by atoms with Crippen LogP contribution in [0.2, 0.25) is 5.02 Å². The number of ether oxygens (including phenoxy) is 1. The van der Waals surface area contributed by atoms with Crippen molar-refractivity contribution in [3.8, 4) is 0 Å². The predicted molar refractivity (Wildman–Crippen MR) is 121 cm³/mol. The van der Waals surface area contributed by atoms with Gasteiger partial charge in [0.2, 0.25) is 10.0 Å². The smallest absolute Gasteiger partial charge is 0.216 e. The van der Waals surface area contributed by atoms with Gasteiger partial charge in [0.05, 0.1) is 25.5 Å². The highest BCUT2D eigenvalue weighted by Crippen LogP contribution is 2.10. The van der Waals surface area contributed by atoms with Gasteiger partial charge in [-0.05, 0) is 31.0 Å². The molecule has 1 fully saturated rings. The maximum absolute atomic E-state index is 12.3. The van der Waals surface area contributed by atoms with Crippen LogP contribution in [-0.2, 0) is 21.2 Å². The first-order valence-corrected chi connectivity index (χ1v) is 10.8. The first-order valence-electron chi connectivity index (χ1n) is 8.83. The van der Waals surface area contributed by atoms with Crippen molar-refractivity contribution < 1.29 is 13.2 Å². The van der Waals surface area contributed by atoms with E-state index >= 15 is 0 Å². The molecule has 1 heterocycles. The highest BCUT2D eigenvalue weighted by molar-refractivity contribution is 14.0. The highest BCUT2D eigenvalue weighted by atomic mass is 127. The summed E-state index contributed by atoms with van der Waals surface area (Å²) in [5.41, 5.74) is 1.13. The quantitative estimate of drug-likeness (QED) is 0.304. The summed E-state index contributed by atoms with van der Waals surface area (Å²) in [6.07, 6.45) is 0.803. The third kappa shape index (κ3) is 8.95. The van der Waals surface area contributed by atoms with Gasteiger partial charge in [0, 0.05) is 31.2 Å². The summed E-state index contributed by atoms with van der Waals surface area (Å²) < 4.78 is 31.3. The lowest BCUT2D eigenvalue weighted by molar-refractivity contribution is 0.0731. The number of halogens is 2. The van der Waals surface area contributed by atoms with Crippen LogP contribution < -0.4 is 10.6 Å². The van der Waals surface area contributed by atoms with Gasteiger partial charge in [0.1, 0.15) is 0 Å². The SMILES string of the molecule is CCNC(=NCCS(=O)(=O)N1CCOCC1)NCCc1cccc(Cl)c1.I. The number of rotatable bonds is 8. The van der Waals surface area contributed by atoms with Crippen LogP contribution in [0.25, 0.3) is 0 Å². The Morgan fingerprint density at radius 2 is 2.04 bits per heavy atom. The Bertz CT molecular complexity index is 697. The van der Waals surface area contributed by atoms with E-state index in [2.05, 4.69) is 15.6 Å². The molecule has 0 aliphatic carbocycles. The van der Waals surface area contributed by atoms with E-state index in [1.165, 1.54) is 4.31 Å². The number of aliphatic imine (C=N–C) groups is 1. The molecule has 2 N–H and O–H groups in total. The number of hydrogen-bond acceptors (Lipinski definition) is 4. The Balaban J connectivity index is 0.00000364. The lowest BCUT2D eigenvalue weighted by atomic mass is 10.1. The van der Waals surface area contributed by atoms with Gasteiger partial charge in [0.25, 0.3) is 0 Å². The third-order valence-electron chi connectivity index (χ3n) is 3.92. The summed E-state index contributed by atoms with van der Waals surface area (Å²) in [6, 6.07) is 7.72. The van der Waals surface area contributed by atoms with Crippen LogP contribution in [0.4, 0.5) is 0 Å². The minimum Gasteiger partial charge on any atom is -0.379 e. The lowest BCUT2D eigenvalue weighted by Gasteiger charge is -2.25. The first kappa shape index (κ1) is 24.4. The van der Waals surface area contributed by atoms with Crippen LogP contribution >= 0.6 is 35.6 Å². The molecule has 1 aliphatic rings. The second-order valence-corrected chi connectivity index (χ2v) is 8.42. The fourth-order valence-electron chi connectivity index (χ4n) is 2.59. The number of nitrogens with zero attached hydrogens (tertiary/aromatic N) is 2. The fraction of sp³-hybridized carbons (Fsp3) is 0.588. The summed E-state index contributed by atoms with van der Waals surface area (Å²) in [5.74, 6) is 0.615. The number of morpholine rings is 1. The maximum atomic E-state index is 12.3. The first-order chi connectivity index (χ1) is 12.5. The zero-order chi connectivity index (χ0) is 18.8. The van der Waals surface area contributed by atoms with E-state index < -0.39 is 10.0 Å². The molecule has 1 aliphatic heterocycles. The van der Waals surface area contributed by atoms with Crippen molar-refractivity contribution >= 4 is 51.6 Å². The standard InChI is InChI=1S/C17H27ClN4O3S.HI/c1-2-19-17(20-7-6-15-4-3-5-16(18)14-15)21-8-13-26(23,24)22-9-11-25-12-10-22;/h3-5,14H,2,6-13H2,1H3,(H2,19,20,21);1H. The minimum atomic E-state index is -3.29. The van der Waals surface area contributed by atoms with Crippen LogP contribution in [0.1, 0.15) is 12.5 Å². The molecular weight excluding hydrogens is 503 g/mol. The Kier molecular flexibility index (Phi) is 11.5. The van der Waals surface area contributed by atoms with Gasteiger partial charge >= 0.3 is 0 Å². The summed E-state index contributed by atoms with van der Waals surface area (Å²) in [5, 5.41) is 7.07. The Hall–Kier alpha value is -0.620. The topological polar surface area (TPSA) is 83.0 Å². The number of nitrogens with one attached hydrogen (secondary N) is 2. The fourth-order valence-corrected chi connectivity index (χ4v) is 4.08. The Labute approximate surface area is 184 Å². The van der Waals surface area contributed by atoms with Crippen LogP contribution in [-0.4, -0.2) is 70.4 Å². The van der Waals surface area contributed by atoms with E-state index in [9.17, 15) is 8.42 Å². The van der Waals surface area contributed by atoms with Crippen molar-refractivity contribution in [1.29, 1.82) is 0 Å². The molecule has 1 saturated heterocycles. The van der Waals surface area contributed by atoms with Gasteiger partial charge in [-0.15, -0.1) is 24.0 Å². The molecule has 1 aromatic carbocycles. The minimum absolute atomic E-state index is 0. The molecule has 7 nitrogen and oxygen atoms in total. The van der Waals surface area contributed by atoms with Crippen LogP contribution in [0.3, 0.4) is 0 Å². The second-order valence-electron chi connectivity index (χ2n) is 5.89. The van der Waals surface area contributed by atoms with Gasteiger partial charge in [-0.2, -0.15) is 4.31 Å². The zero-order valence-corrected chi connectivity index (χ0v) is 19.4. The van der Waals surface area contributed by atoms with Gasteiger partial charge in [-0.3, -0.25) is 4.99 Å². The molecule has 0 bridgehead atoms. The van der Waals surface area contributed by atoms with Crippen molar-refractivity contribution in [3.63, 3.8) is 0 Å². The molecule has 10 heteroatoms. The Morgan fingerprint density at radius 3 is 2.70 bits per heavy atom. The number of guanidine groups is 1.